The number of carboxylic acid groups (broad SMARTS) is 1. The molecule has 1 aromatic rings. The Bertz CT molecular complexity index is 460. The van der Waals surface area contributed by atoms with Gasteiger partial charge in [-0.05, 0) is 25.3 Å². The van der Waals surface area contributed by atoms with Crippen LogP contribution in [0.15, 0.2) is 24.3 Å². The van der Waals surface area contributed by atoms with Crippen LogP contribution in [0.2, 0.25) is 0 Å². The van der Waals surface area contributed by atoms with Crippen molar-refractivity contribution in [3.05, 3.63) is 35.4 Å². The summed E-state index contributed by atoms with van der Waals surface area (Å²) in [5.41, 5.74) is 0.963. The summed E-state index contributed by atoms with van der Waals surface area (Å²) in [4.78, 5) is 23.1. The maximum Gasteiger partial charge on any atom is 0.319 e. The minimum Gasteiger partial charge on any atom is -0.480 e. The minimum absolute atomic E-state index is 0.359. The van der Waals surface area contributed by atoms with Crippen LogP contribution < -0.4 is 5.32 Å². The van der Waals surface area contributed by atoms with Crippen LogP contribution >= 0.6 is 0 Å². The third-order valence-corrected chi connectivity index (χ3v) is 3.62. The first-order valence-electron chi connectivity index (χ1n) is 6.12. The van der Waals surface area contributed by atoms with Gasteiger partial charge in [0.05, 0.1) is 0 Å². The Labute approximate surface area is 106 Å². The van der Waals surface area contributed by atoms with Gasteiger partial charge in [-0.1, -0.05) is 36.2 Å². The van der Waals surface area contributed by atoms with Crippen molar-refractivity contribution >= 4 is 11.9 Å². The Morgan fingerprint density at radius 1 is 1.28 bits per heavy atom. The largest absolute Gasteiger partial charge is 0.480 e. The molecule has 1 aliphatic rings. The highest BCUT2D eigenvalue weighted by Crippen LogP contribution is 2.41. The van der Waals surface area contributed by atoms with Gasteiger partial charge in [0.15, 0.2) is 0 Å². The van der Waals surface area contributed by atoms with Crippen molar-refractivity contribution in [1.82, 2.24) is 5.32 Å². The molecular formula is C14H17NO3. The lowest BCUT2D eigenvalue weighted by Crippen LogP contribution is -2.50. The zero-order valence-electron chi connectivity index (χ0n) is 10.4. The van der Waals surface area contributed by atoms with E-state index in [1.54, 1.807) is 0 Å². The lowest BCUT2D eigenvalue weighted by atomic mass is 9.68. The van der Waals surface area contributed by atoms with Crippen molar-refractivity contribution in [2.75, 3.05) is 0 Å². The molecule has 1 fully saturated rings. The van der Waals surface area contributed by atoms with Gasteiger partial charge < -0.3 is 10.4 Å². The molecule has 4 nitrogen and oxygen atoms in total. The van der Waals surface area contributed by atoms with E-state index in [1.807, 2.05) is 31.2 Å². The maximum atomic E-state index is 11.9. The van der Waals surface area contributed by atoms with Crippen LogP contribution in [0.25, 0.3) is 0 Å². The summed E-state index contributed by atoms with van der Waals surface area (Å²) >= 11 is 0. The van der Waals surface area contributed by atoms with E-state index in [0.29, 0.717) is 19.4 Å². The van der Waals surface area contributed by atoms with Gasteiger partial charge >= 0.3 is 5.97 Å². The van der Waals surface area contributed by atoms with Crippen molar-refractivity contribution in [2.45, 2.75) is 32.7 Å². The number of aryl methyl sites for hydroxylation is 1. The molecule has 2 N–H and O–H groups in total. The van der Waals surface area contributed by atoms with Crippen LogP contribution in [-0.2, 0) is 16.1 Å². The van der Waals surface area contributed by atoms with Crippen LogP contribution in [-0.4, -0.2) is 17.0 Å². The van der Waals surface area contributed by atoms with E-state index in [2.05, 4.69) is 5.32 Å². The van der Waals surface area contributed by atoms with Gasteiger partial charge in [-0.2, -0.15) is 0 Å². The number of carboxylic acids is 1. The van der Waals surface area contributed by atoms with Crippen molar-refractivity contribution < 1.29 is 14.7 Å². The van der Waals surface area contributed by atoms with Gasteiger partial charge in [-0.25, -0.2) is 0 Å². The molecule has 0 aromatic heterocycles. The first kappa shape index (κ1) is 12.6. The Morgan fingerprint density at radius 3 is 2.33 bits per heavy atom. The van der Waals surface area contributed by atoms with Crippen LogP contribution in [0.1, 0.15) is 30.4 Å². The number of aliphatic carboxylic acids is 1. The molecule has 0 spiro atoms. The van der Waals surface area contributed by atoms with Crippen LogP contribution in [0.4, 0.5) is 0 Å². The Balaban J connectivity index is 1.96. The normalized spacial score (nSPS) is 16.7. The summed E-state index contributed by atoms with van der Waals surface area (Å²) in [6, 6.07) is 7.81. The molecule has 1 amide bonds. The molecule has 18 heavy (non-hydrogen) atoms. The molecule has 0 bridgehead atoms. The summed E-state index contributed by atoms with van der Waals surface area (Å²) < 4.78 is 0. The third kappa shape index (κ3) is 2.23. The standard InChI is InChI=1S/C14H17NO3/c1-10-3-5-11(6-4-10)9-15-12(16)14(13(17)18)7-2-8-14/h3-6H,2,7-9H2,1H3,(H,15,16)(H,17,18). The highest BCUT2D eigenvalue weighted by molar-refractivity contribution is 6.02. The smallest absolute Gasteiger partial charge is 0.319 e. The van der Waals surface area contributed by atoms with Gasteiger partial charge in [0.25, 0.3) is 0 Å². The SMILES string of the molecule is Cc1ccc(CNC(=O)C2(C(=O)O)CCC2)cc1. The molecule has 0 atom stereocenters. The number of hydrogen-bond donors (Lipinski definition) is 2. The van der Waals surface area contributed by atoms with E-state index in [4.69, 9.17) is 5.11 Å². The summed E-state index contributed by atoms with van der Waals surface area (Å²) in [5, 5.41) is 11.8. The third-order valence-electron chi connectivity index (χ3n) is 3.62. The van der Waals surface area contributed by atoms with Gasteiger partial charge in [0.1, 0.15) is 5.41 Å². The number of nitrogens with one attached hydrogen (secondary N) is 1. The average molecular weight is 247 g/mol. The molecule has 2 rings (SSSR count). The fourth-order valence-electron chi connectivity index (χ4n) is 2.13. The number of hydrogen-bond acceptors (Lipinski definition) is 2. The van der Waals surface area contributed by atoms with E-state index in [0.717, 1.165) is 17.5 Å². The number of amides is 1. The number of rotatable bonds is 4. The second kappa shape index (κ2) is 4.80. The van der Waals surface area contributed by atoms with Gasteiger partial charge in [-0.15, -0.1) is 0 Å². The number of carbonyl (C=O) groups is 2. The topological polar surface area (TPSA) is 66.4 Å². The van der Waals surface area contributed by atoms with Crippen LogP contribution in [0.3, 0.4) is 0 Å². The number of carbonyl (C=O) groups excluding carboxylic acids is 1. The lowest BCUT2D eigenvalue weighted by molar-refractivity contribution is -0.162. The number of benzene rings is 1. The molecule has 0 aliphatic heterocycles. The highest BCUT2D eigenvalue weighted by atomic mass is 16.4. The van der Waals surface area contributed by atoms with Gasteiger partial charge in [0.2, 0.25) is 5.91 Å². The van der Waals surface area contributed by atoms with Crippen molar-refractivity contribution in [3.8, 4) is 0 Å². The summed E-state index contributed by atoms with van der Waals surface area (Å²) in [7, 11) is 0. The molecular weight excluding hydrogens is 230 g/mol. The van der Waals surface area contributed by atoms with Crippen molar-refractivity contribution in [3.63, 3.8) is 0 Å². The predicted molar refractivity (Wildman–Crippen MR) is 66.9 cm³/mol. The fraction of sp³-hybridized carbons (Fsp3) is 0.429. The quantitative estimate of drug-likeness (QED) is 0.798. The Morgan fingerprint density at radius 2 is 1.89 bits per heavy atom. The molecule has 0 radical (unpaired) electrons. The second-order valence-electron chi connectivity index (χ2n) is 4.91. The Hall–Kier alpha value is -1.84. The molecule has 0 heterocycles. The second-order valence-corrected chi connectivity index (χ2v) is 4.91. The molecule has 1 aliphatic carbocycles. The zero-order chi connectivity index (χ0) is 13.2. The molecule has 0 unspecified atom stereocenters. The predicted octanol–water partition coefficient (Wildman–Crippen LogP) is 1.87. The first-order valence-corrected chi connectivity index (χ1v) is 6.12. The van der Waals surface area contributed by atoms with Gasteiger partial charge in [-0.3, -0.25) is 9.59 Å². The molecule has 96 valence electrons. The van der Waals surface area contributed by atoms with Crippen molar-refractivity contribution in [1.29, 1.82) is 0 Å². The monoisotopic (exact) mass is 247 g/mol. The highest BCUT2D eigenvalue weighted by Gasteiger charge is 2.50. The summed E-state index contributed by atoms with van der Waals surface area (Å²) in [6.45, 7) is 2.38. The zero-order valence-corrected chi connectivity index (χ0v) is 10.4. The lowest BCUT2D eigenvalue weighted by Gasteiger charge is -2.35. The van der Waals surface area contributed by atoms with E-state index in [-0.39, 0.29) is 5.91 Å². The fourth-order valence-corrected chi connectivity index (χ4v) is 2.13. The van der Waals surface area contributed by atoms with E-state index in [9.17, 15) is 9.59 Å². The first-order chi connectivity index (χ1) is 8.54. The molecule has 1 saturated carbocycles. The van der Waals surface area contributed by atoms with E-state index < -0.39 is 11.4 Å². The summed E-state index contributed by atoms with van der Waals surface area (Å²) in [5.74, 6) is -1.36. The van der Waals surface area contributed by atoms with Crippen molar-refractivity contribution in [2.24, 2.45) is 5.41 Å². The molecule has 4 heteroatoms. The molecule has 0 saturated heterocycles. The van der Waals surface area contributed by atoms with Gasteiger partial charge in [0, 0.05) is 6.54 Å². The van der Waals surface area contributed by atoms with Crippen LogP contribution in [0.5, 0.6) is 0 Å². The molecule has 1 aromatic carbocycles. The van der Waals surface area contributed by atoms with E-state index >= 15 is 0 Å². The average Bonchev–Trinajstić information content (AvgIpc) is 2.26. The van der Waals surface area contributed by atoms with Crippen LogP contribution in [0, 0.1) is 12.3 Å². The summed E-state index contributed by atoms with van der Waals surface area (Å²) in [6.07, 6.45) is 1.70. The maximum absolute atomic E-state index is 11.9. The minimum atomic E-state index is -1.18. The van der Waals surface area contributed by atoms with E-state index in [1.165, 1.54) is 0 Å². The Kier molecular flexibility index (Phi) is 3.36.